The van der Waals surface area contributed by atoms with Crippen molar-refractivity contribution in [2.24, 2.45) is 0 Å². The van der Waals surface area contributed by atoms with Crippen LogP contribution in [0.1, 0.15) is 27.2 Å². The molecule has 1 aliphatic rings. The first-order valence-corrected chi connectivity index (χ1v) is 6.97. The van der Waals surface area contributed by atoms with Gasteiger partial charge in [-0.25, -0.2) is 4.79 Å². The first-order chi connectivity index (χ1) is 9.31. The fourth-order valence-electron chi connectivity index (χ4n) is 1.93. The molecule has 1 rings (SSSR count). The molecule has 0 aromatic heterocycles. The number of nitriles is 1. The molecule has 0 aliphatic carbocycles. The van der Waals surface area contributed by atoms with Crippen molar-refractivity contribution in [3.63, 3.8) is 0 Å². The van der Waals surface area contributed by atoms with Gasteiger partial charge in [0.2, 0.25) is 0 Å². The van der Waals surface area contributed by atoms with Gasteiger partial charge in [0.1, 0.15) is 5.60 Å². The largest absolute Gasteiger partial charge is 0.444 e. The van der Waals surface area contributed by atoms with Crippen molar-refractivity contribution in [1.29, 1.82) is 5.26 Å². The number of morpholine rings is 1. The monoisotopic (exact) mass is 283 g/mol. The Morgan fingerprint density at radius 3 is 2.85 bits per heavy atom. The Bertz CT molecular complexity index is 360. The van der Waals surface area contributed by atoms with Crippen LogP contribution < -0.4 is 0 Å². The van der Waals surface area contributed by atoms with Crippen molar-refractivity contribution in [3.05, 3.63) is 0 Å². The maximum Gasteiger partial charge on any atom is 0.410 e. The number of nitrogens with zero attached hydrogens (tertiary/aromatic N) is 3. The third-order valence-corrected chi connectivity index (χ3v) is 3.00. The molecular formula is C14H25N3O3. The van der Waals surface area contributed by atoms with Crippen LogP contribution in [0.25, 0.3) is 0 Å². The van der Waals surface area contributed by atoms with Crippen LogP contribution in [-0.2, 0) is 9.47 Å². The number of hydrogen-bond acceptors (Lipinski definition) is 5. The highest BCUT2D eigenvalue weighted by Crippen LogP contribution is 2.10. The predicted octanol–water partition coefficient (Wildman–Crippen LogP) is 1.47. The second kappa shape index (κ2) is 7.46. The molecule has 20 heavy (non-hydrogen) atoms. The summed E-state index contributed by atoms with van der Waals surface area (Å²) in [4.78, 5) is 15.6. The van der Waals surface area contributed by atoms with Gasteiger partial charge in [0, 0.05) is 33.2 Å². The SMILES string of the molecule is CN(CCN1CCO[C@H](CC#N)C1)C(=O)OC(C)(C)C. The second-order valence-electron chi connectivity index (χ2n) is 6.06. The molecule has 1 aliphatic heterocycles. The molecule has 1 amide bonds. The van der Waals surface area contributed by atoms with E-state index in [4.69, 9.17) is 14.7 Å². The maximum atomic E-state index is 11.8. The molecule has 114 valence electrons. The molecule has 6 heteroatoms. The maximum absolute atomic E-state index is 11.8. The zero-order valence-corrected chi connectivity index (χ0v) is 12.9. The fourth-order valence-corrected chi connectivity index (χ4v) is 1.93. The van der Waals surface area contributed by atoms with Crippen molar-refractivity contribution < 1.29 is 14.3 Å². The number of rotatable bonds is 4. The zero-order chi connectivity index (χ0) is 15.2. The lowest BCUT2D eigenvalue weighted by Gasteiger charge is -2.33. The minimum atomic E-state index is -0.470. The van der Waals surface area contributed by atoms with E-state index in [1.54, 1.807) is 11.9 Å². The molecule has 1 atom stereocenters. The van der Waals surface area contributed by atoms with E-state index < -0.39 is 5.60 Å². The molecule has 0 radical (unpaired) electrons. The van der Waals surface area contributed by atoms with Gasteiger partial charge in [0.05, 0.1) is 25.2 Å². The summed E-state index contributed by atoms with van der Waals surface area (Å²) in [5, 5.41) is 8.69. The average molecular weight is 283 g/mol. The van der Waals surface area contributed by atoms with Crippen LogP contribution in [0.4, 0.5) is 4.79 Å². The Kier molecular flexibility index (Phi) is 6.24. The van der Waals surface area contributed by atoms with Crippen molar-refractivity contribution in [3.8, 4) is 6.07 Å². The molecule has 1 fully saturated rings. The molecule has 0 bridgehead atoms. The minimum absolute atomic E-state index is 0.0133. The molecular weight excluding hydrogens is 258 g/mol. The Morgan fingerprint density at radius 1 is 1.55 bits per heavy atom. The second-order valence-corrected chi connectivity index (χ2v) is 6.06. The first kappa shape index (κ1) is 16.7. The average Bonchev–Trinajstić information content (AvgIpc) is 2.35. The van der Waals surface area contributed by atoms with E-state index in [0.29, 0.717) is 19.6 Å². The predicted molar refractivity (Wildman–Crippen MR) is 75.3 cm³/mol. The number of carbonyl (C=O) groups excluding carboxylic acids is 1. The van der Waals surface area contributed by atoms with E-state index in [1.807, 2.05) is 20.8 Å². The topological polar surface area (TPSA) is 65.8 Å². The van der Waals surface area contributed by atoms with Gasteiger partial charge in [-0.15, -0.1) is 0 Å². The summed E-state index contributed by atoms with van der Waals surface area (Å²) in [7, 11) is 1.74. The lowest BCUT2D eigenvalue weighted by molar-refractivity contribution is -0.0281. The van der Waals surface area contributed by atoms with Gasteiger partial charge < -0.3 is 14.4 Å². The summed E-state index contributed by atoms with van der Waals surface area (Å²) in [6, 6.07) is 2.13. The Labute approximate surface area is 121 Å². The van der Waals surface area contributed by atoms with Gasteiger partial charge in [-0.05, 0) is 20.8 Å². The number of ether oxygens (including phenoxy) is 2. The normalized spacial score (nSPS) is 20.2. The third kappa shape index (κ3) is 6.22. The highest BCUT2D eigenvalue weighted by atomic mass is 16.6. The highest BCUT2D eigenvalue weighted by molar-refractivity contribution is 5.67. The van der Waals surface area contributed by atoms with E-state index in [2.05, 4.69) is 11.0 Å². The summed E-state index contributed by atoms with van der Waals surface area (Å²) < 4.78 is 10.8. The lowest BCUT2D eigenvalue weighted by atomic mass is 10.2. The molecule has 0 aromatic rings. The van der Waals surface area contributed by atoms with Crippen LogP contribution in [0, 0.1) is 11.3 Å². The van der Waals surface area contributed by atoms with Gasteiger partial charge >= 0.3 is 6.09 Å². The summed E-state index contributed by atoms with van der Waals surface area (Å²) in [6.45, 7) is 9.16. The summed E-state index contributed by atoms with van der Waals surface area (Å²) in [6.07, 6.45) is 0.0956. The van der Waals surface area contributed by atoms with Crippen LogP contribution in [0.15, 0.2) is 0 Å². The van der Waals surface area contributed by atoms with E-state index in [1.165, 1.54) is 0 Å². The molecule has 0 unspecified atom stereocenters. The summed E-state index contributed by atoms with van der Waals surface area (Å²) in [5.74, 6) is 0. The van der Waals surface area contributed by atoms with Gasteiger partial charge in [-0.1, -0.05) is 0 Å². The highest BCUT2D eigenvalue weighted by Gasteiger charge is 2.22. The quantitative estimate of drug-likeness (QED) is 0.781. The van der Waals surface area contributed by atoms with Crippen LogP contribution in [0.5, 0.6) is 0 Å². The zero-order valence-electron chi connectivity index (χ0n) is 12.9. The van der Waals surface area contributed by atoms with Gasteiger partial charge in [0.15, 0.2) is 0 Å². The number of likely N-dealkylation sites (N-methyl/N-ethyl adjacent to an activating group) is 1. The number of hydrogen-bond donors (Lipinski definition) is 0. The van der Waals surface area contributed by atoms with Crippen molar-refractivity contribution in [2.45, 2.75) is 38.9 Å². The van der Waals surface area contributed by atoms with Gasteiger partial charge in [0.25, 0.3) is 0 Å². The van der Waals surface area contributed by atoms with Gasteiger partial charge in [-0.3, -0.25) is 4.90 Å². The van der Waals surface area contributed by atoms with E-state index in [-0.39, 0.29) is 12.2 Å². The van der Waals surface area contributed by atoms with Crippen molar-refractivity contribution in [2.75, 3.05) is 39.8 Å². The lowest BCUT2D eigenvalue weighted by Crippen LogP contribution is -2.46. The summed E-state index contributed by atoms with van der Waals surface area (Å²) in [5.41, 5.74) is -0.470. The third-order valence-electron chi connectivity index (χ3n) is 3.00. The van der Waals surface area contributed by atoms with Crippen LogP contribution >= 0.6 is 0 Å². The van der Waals surface area contributed by atoms with Crippen molar-refractivity contribution >= 4 is 6.09 Å². The van der Waals surface area contributed by atoms with Crippen LogP contribution in [0.2, 0.25) is 0 Å². The van der Waals surface area contributed by atoms with E-state index in [0.717, 1.165) is 19.6 Å². The molecule has 0 spiro atoms. The molecule has 1 heterocycles. The van der Waals surface area contributed by atoms with E-state index >= 15 is 0 Å². The van der Waals surface area contributed by atoms with Crippen molar-refractivity contribution in [1.82, 2.24) is 9.80 Å². The smallest absolute Gasteiger partial charge is 0.410 e. The Hall–Kier alpha value is -1.32. The molecule has 0 saturated carbocycles. The van der Waals surface area contributed by atoms with Gasteiger partial charge in [-0.2, -0.15) is 5.26 Å². The van der Waals surface area contributed by atoms with E-state index in [9.17, 15) is 4.79 Å². The number of amides is 1. The fraction of sp³-hybridized carbons (Fsp3) is 0.857. The summed E-state index contributed by atoms with van der Waals surface area (Å²) >= 11 is 0. The Morgan fingerprint density at radius 2 is 2.25 bits per heavy atom. The van der Waals surface area contributed by atoms with Crippen LogP contribution in [0.3, 0.4) is 0 Å². The minimum Gasteiger partial charge on any atom is -0.444 e. The molecule has 0 aromatic carbocycles. The first-order valence-electron chi connectivity index (χ1n) is 6.97. The molecule has 6 nitrogen and oxygen atoms in total. The number of carbonyl (C=O) groups is 1. The van der Waals surface area contributed by atoms with Crippen LogP contribution in [-0.4, -0.2) is 67.4 Å². The molecule has 0 N–H and O–H groups in total. The molecule has 1 saturated heterocycles. The standard InChI is InChI=1S/C14H25N3O3/c1-14(2,3)20-13(18)16(4)7-8-17-9-10-19-12(11-17)5-6-15/h12H,5,7-11H2,1-4H3/t12-/m1/s1. The Balaban J connectivity index is 2.32.